The van der Waals surface area contributed by atoms with Gasteiger partial charge in [0.1, 0.15) is 6.10 Å². The monoisotopic (exact) mass is 285 g/mol. The van der Waals surface area contributed by atoms with Crippen LogP contribution < -0.4 is 0 Å². The van der Waals surface area contributed by atoms with Gasteiger partial charge in [-0.3, -0.25) is 4.79 Å². The van der Waals surface area contributed by atoms with Crippen LogP contribution in [0.25, 0.3) is 10.9 Å². The summed E-state index contributed by atoms with van der Waals surface area (Å²) in [6.07, 6.45) is 0.460. The van der Waals surface area contributed by atoms with Crippen molar-refractivity contribution in [2.75, 3.05) is 0 Å². The van der Waals surface area contributed by atoms with Crippen LogP contribution in [0.5, 0.6) is 0 Å². The third-order valence-electron chi connectivity index (χ3n) is 3.27. The number of halogens is 1. The number of Topliss-reactive ketones (excluding diaryl/α,β-unsaturated/α-hetero) is 1. The maximum absolute atomic E-state index is 12.3. The molecule has 1 heterocycles. The predicted molar refractivity (Wildman–Crippen MR) is 79.0 cm³/mol. The summed E-state index contributed by atoms with van der Waals surface area (Å²) < 4.78 is 0. The molecule has 0 saturated carbocycles. The normalized spacial score (nSPS) is 12.5. The number of carbonyl (C=O) groups excluding carboxylic acids is 1. The molecule has 0 bridgehead atoms. The lowest BCUT2D eigenvalue weighted by Crippen LogP contribution is -2.11. The number of hydrogen-bond acceptors (Lipinski definition) is 2. The standard InChI is InChI=1S/C16H12ClNO2/c17-11-5-3-4-10(8-11)15(19)16(20)13-9-18-14-7-2-1-6-12(13)14/h1-9,16,18,20H. The van der Waals surface area contributed by atoms with Gasteiger partial charge in [0.25, 0.3) is 0 Å². The van der Waals surface area contributed by atoms with E-state index in [-0.39, 0.29) is 5.78 Å². The minimum absolute atomic E-state index is 0.364. The maximum Gasteiger partial charge on any atom is 0.195 e. The van der Waals surface area contributed by atoms with Crippen molar-refractivity contribution < 1.29 is 9.90 Å². The van der Waals surface area contributed by atoms with Crippen LogP contribution in [0, 0.1) is 0 Å². The number of ketones is 1. The molecule has 0 radical (unpaired) electrons. The summed E-state index contributed by atoms with van der Waals surface area (Å²) in [6.45, 7) is 0. The molecule has 1 atom stereocenters. The number of benzene rings is 2. The largest absolute Gasteiger partial charge is 0.380 e. The Morgan fingerprint density at radius 2 is 1.95 bits per heavy atom. The fourth-order valence-electron chi connectivity index (χ4n) is 2.26. The summed E-state index contributed by atoms with van der Waals surface area (Å²) in [5, 5.41) is 11.6. The van der Waals surface area contributed by atoms with E-state index in [0.717, 1.165) is 10.9 Å². The van der Waals surface area contributed by atoms with Gasteiger partial charge in [-0.15, -0.1) is 0 Å². The molecular formula is C16H12ClNO2. The number of para-hydroxylation sites is 1. The molecule has 0 spiro atoms. The first-order valence-corrected chi connectivity index (χ1v) is 6.58. The van der Waals surface area contributed by atoms with Crippen molar-refractivity contribution >= 4 is 28.3 Å². The average Bonchev–Trinajstić information content (AvgIpc) is 2.89. The van der Waals surface area contributed by atoms with Gasteiger partial charge < -0.3 is 10.1 Å². The van der Waals surface area contributed by atoms with Crippen LogP contribution in [0.2, 0.25) is 5.02 Å². The summed E-state index contributed by atoms with van der Waals surface area (Å²) >= 11 is 5.87. The van der Waals surface area contributed by atoms with Gasteiger partial charge in [0, 0.05) is 33.2 Å². The fourth-order valence-corrected chi connectivity index (χ4v) is 2.45. The Hall–Kier alpha value is -2.10. The second-order valence-electron chi connectivity index (χ2n) is 4.57. The SMILES string of the molecule is O=C(c1cccc(Cl)c1)C(O)c1c[nH]c2ccccc12. The van der Waals surface area contributed by atoms with Crippen molar-refractivity contribution in [3.8, 4) is 0 Å². The maximum atomic E-state index is 12.3. The smallest absolute Gasteiger partial charge is 0.195 e. The number of nitrogens with one attached hydrogen (secondary N) is 1. The number of fused-ring (bicyclic) bond motifs is 1. The van der Waals surface area contributed by atoms with Crippen molar-refractivity contribution in [1.29, 1.82) is 0 Å². The molecule has 1 unspecified atom stereocenters. The molecule has 3 aromatic rings. The van der Waals surface area contributed by atoms with Crippen LogP contribution in [-0.4, -0.2) is 15.9 Å². The van der Waals surface area contributed by atoms with Gasteiger partial charge in [-0.05, 0) is 18.2 Å². The van der Waals surface area contributed by atoms with Gasteiger partial charge in [-0.2, -0.15) is 0 Å². The lowest BCUT2D eigenvalue weighted by molar-refractivity contribution is 0.0750. The van der Waals surface area contributed by atoms with Crippen LogP contribution in [-0.2, 0) is 0 Å². The molecule has 2 aromatic carbocycles. The molecule has 0 aliphatic carbocycles. The van der Waals surface area contributed by atoms with Crippen LogP contribution in [0.3, 0.4) is 0 Å². The van der Waals surface area contributed by atoms with E-state index in [1.54, 1.807) is 30.5 Å². The van der Waals surface area contributed by atoms with Gasteiger partial charge in [0.15, 0.2) is 5.78 Å². The fraction of sp³-hybridized carbons (Fsp3) is 0.0625. The zero-order chi connectivity index (χ0) is 14.1. The number of rotatable bonds is 3. The van der Waals surface area contributed by atoms with E-state index in [0.29, 0.717) is 16.1 Å². The van der Waals surface area contributed by atoms with E-state index >= 15 is 0 Å². The molecule has 0 aliphatic rings. The molecule has 3 rings (SSSR count). The minimum Gasteiger partial charge on any atom is -0.380 e. The van der Waals surface area contributed by atoms with Crippen LogP contribution in [0.15, 0.2) is 54.7 Å². The highest BCUT2D eigenvalue weighted by molar-refractivity contribution is 6.31. The molecule has 0 amide bonds. The van der Waals surface area contributed by atoms with Crippen LogP contribution in [0.1, 0.15) is 22.0 Å². The lowest BCUT2D eigenvalue weighted by atomic mass is 9.99. The number of H-pyrrole nitrogens is 1. The van der Waals surface area contributed by atoms with Crippen LogP contribution in [0.4, 0.5) is 0 Å². The highest BCUT2D eigenvalue weighted by Gasteiger charge is 2.22. The summed E-state index contributed by atoms with van der Waals surface area (Å²) in [7, 11) is 0. The Morgan fingerprint density at radius 1 is 1.15 bits per heavy atom. The number of aromatic nitrogens is 1. The minimum atomic E-state index is -1.20. The summed E-state index contributed by atoms with van der Waals surface area (Å²) in [6, 6.07) is 14.1. The lowest BCUT2D eigenvalue weighted by Gasteiger charge is -2.09. The summed E-state index contributed by atoms with van der Waals surface area (Å²) in [4.78, 5) is 15.4. The van der Waals surface area contributed by atoms with Crippen molar-refractivity contribution in [3.05, 3.63) is 70.9 Å². The molecular weight excluding hydrogens is 274 g/mol. The number of hydrogen-bond donors (Lipinski definition) is 2. The zero-order valence-electron chi connectivity index (χ0n) is 10.5. The summed E-state index contributed by atoms with van der Waals surface area (Å²) in [5.74, 6) is -0.364. The van der Waals surface area contributed by atoms with Crippen LogP contribution >= 0.6 is 11.6 Å². The predicted octanol–water partition coefficient (Wildman–Crippen LogP) is 3.74. The second kappa shape index (κ2) is 5.12. The Morgan fingerprint density at radius 3 is 2.75 bits per heavy atom. The van der Waals surface area contributed by atoms with E-state index in [4.69, 9.17) is 11.6 Å². The second-order valence-corrected chi connectivity index (χ2v) is 5.00. The van der Waals surface area contributed by atoms with Crippen molar-refractivity contribution in [3.63, 3.8) is 0 Å². The molecule has 20 heavy (non-hydrogen) atoms. The van der Waals surface area contributed by atoms with E-state index in [1.165, 1.54) is 0 Å². The molecule has 4 heteroatoms. The van der Waals surface area contributed by atoms with E-state index in [1.807, 2.05) is 24.3 Å². The van der Waals surface area contributed by atoms with E-state index < -0.39 is 6.10 Å². The van der Waals surface area contributed by atoms with Crippen molar-refractivity contribution in [1.82, 2.24) is 4.98 Å². The Balaban J connectivity index is 2.00. The zero-order valence-corrected chi connectivity index (χ0v) is 11.3. The topological polar surface area (TPSA) is 53.1 Å². The molecule has 1 aromatic heterocycles. The highest BCUT2D eigenvalue weighted by Crippen LogP contribution is 2.27. The number of aliphatic hydroxyl groups excluding tert-OH is 1. The van der Waals surface area contributed by atoms with Gasteiger partial charge in [-0.1, -0.05) is 41.9 Å². The third-order valence-corrected chi connectivity index (χ3v) is 3.51. The van der Waals surface area contributed by atoms with E-state index in [2.05, 4.69) is 4.98 Å². The van der Waals surface area contributed by atoms with Gasteiger partial charge >= 0.3 is 0 Å². The molecule has 3 nitrogen and oxygen atoms in total. The molecule has 0 saturated heterocycles. The molecule has 0 fully saturated rings. The quantitative estimate of drug-likeness (QED) is 0.720. The molecule has 2 N–H and O–H groups in total. The Kier molecular flexibility index (Phi) is 3.30. The van der Waals surface area contributed by atoms with Crippen molar-refractivity contribution in [2.45, 2.75) is 6.10 Å². The Bertz CT molecular complexity index is 779. The van der Waals surface area contributed by atoms with Gasteiger partial charge in [-0.25, -0.2) is 0 Å². The number of aliphatic hydroxyl groups is 1. The highest BCUT2D eigenvalue weighted by atomic mass is 35.5. The number of carbonyl (C=O) groups is 1. The third kappa shape index (κ3) is 2.22. The average molecular weight is 286 g/mol. The van der Waals surface area contributed by atoms with Gasteiger partial charge in [0.05, 0.1) is 0 Å². The first-order chi connectivity index (χ1) is 9.66. The first kappa shape index (κ1) is 12.9. The van der Waals surface area contributed by atoms with Gasteiger partial charge in [0.2, 0.25) is 0 Å². The number of aromatic amines is 1. The molecule has 0 aliphatic heterocycles. The molecule has 100 valence electrons. The van der Waals surface area contributed by atoms with E-state index in [9.17, 15) is 9.90 Å². The Labute approximate surface area is 120 Å². The first-order valence-electron chi connectivity index (χ1n) is 6.20. The summed E-state index contributed by atoms with van der Waals surface area (Å²) in [5.41, 5.74) is 1.86. The van der Waals surface area contributed by atoms with Crippen molar-refractivity contribution in [2.24, 2.45) is 0 Å².